The molecule has 1 rings (SSSR count). The van der Waals surface area contributed by atoms with Gasteiger partial charge in [-0.15, -0.1) is 0 Å². The summed E-state index contributed by atoms with van der Waals surface area (Å²) in [5.41, 5.74) is 6.61. The van der Waals surface area contributed by atoms with E-state index in [1.54, 1.807) is 6.92 Å². The Bertz CT molecular complexity index is 387. The molecule has 3 nitrogen and oxygen atoms in total. The van der Waals surface area contributed by atoms with Gasteiger partial charge in [0.25, 0.3) is 0 Å². The molecule has 1 aliphatic carbocycles. The van der Waals surface area contributed by atoms with Crippen molar-refractivity contribution >= 4 is 9.84 Å². The first-order valence-corrected chi connectivity index (χ1v) is 9.87. The van der Waals surface area contributed by atoms with Crippen LogP contribution in [0.25, 0.3) is 0 Å². The van der Waals surface area contributed by atoms with Crippen LogP contribution in [0, 0.1) is 16.7 Å². The highest BCUT2D eigenvalue weighted by Gasteiger charge is 2.37. The van der Waals surface area contributed by atoms with Crippen molar-refractivity contribution in [1.82, 2.24) is 0 Å². The molecular formula is C16H33NO2S. The summed E-state index contributed by atoms with van der Waals surface area (Å²) in [7, 11) is -2.83. The van der Waals surface area contributed by atoms with Gasteiger partial charge in [0, 0.05) is 5.75 Å². The first-order valence-electron chi connectivity index (χ1n) is 8.05. The quantitative estimate of drug-likeness (QED) is 0.818. The fraction of sp³-hybridized carbons (Fsp3) is 1.00. The molecule has 1 aliphatic rings. The summed E-state index contributed by atoms with van der Waals surface area (Å²) in [5, 5.41) is 0. The maximum absolute atomic E-state index is 11.6. The zero-order chi connectivity index (χ0) is 15.4. The molecule has 0 aromatic heterocycles. The van der Waals surface area contributed by atoms with Crippen molar-refractivity contribution < 1.29 is 8.42 Å². The van der Waals surface area contributed by atoms with Gasteiger partial charge in [0.05, 0.1) is 5.75 Å². The number of sulfone groups is 1. The van der Waals surface area contributed by atoms with Crippen LogP contribution in [0.3, 0.4) is 0 Å². The molecule has 0 spiro atoms. The molecule has 0 heterocycles. The Morgan fingerprint density at radius 3 is 2.15 bits per heavy atom. The first kappa shape index (κ1) is 18.0. The van der Waals surface area contributed by atoms with E-state index in [0.29, 0.717) is 17.7 Å². The SMILES string of the molecule is CCS(=O)(=O)CCCC1(CN)CCC(C(C)(C)C)CC1. The van der Waals surface area contributed by atoms with Crippen molar-refractivity contribution in [2.24, 2.45) is 22.5 Å². The van der Waals surface area contributed by atoms with Crippen molar-refractivity contribution in [3.63, 3.8) is 0 Å². The van der Waals surface area contributed by atoms with Gasteiger partial charge in [-0.1, -0.05) is 27.7 Å². The topological polar surface area (TPSA) is 60.2 Å². The lowest BCUT2D eigenvalue weighted by atomic mass is 9.63. The largest absolute Gasteiger partial charge is 0.330 e. The Morgan fingerprint density at radius 2 is 1.75 bits per heavy atom. The van der Waals surface area contributed by atoms with E-state index >= 15 is 0 Å². The lowest BCUT2D eigenvalue weighted by Crippen LogP contribution is -2.38. The van der Waals surface area contributed by atoms with Gasteiger partial charge in [0.1, 0.15) is 9.84 Å². The minimum absolute atomic E-state index is 0.199. The zero-order valence-electron chi connectivity index (χ0n) is 13.7. The molecular weight excluding hydrogens is 270 g/mol. The van der Waals surface area contributed by atoms with E-state index < -0.39 is 9.84 Å². The van der Waals surface area contributed by atoms with Gasteiger partial charge in [0.15, 0.2) is 0 Å². The zero-order valence-corrected chi connectivity index (χ0v) is 14.6. The fourth-order valence-electron chi connectivity index (χ4n) is 3.46. The van der Waals surface area contributed by atoms with Crippen LogP contribution in [0.5, 0.6) is 0 Å². The second-order valence-electron chi connectivity index (χ2n) is 7.68. The molecule has 2 N–H and O–H groups in total. The van der Waals surface area contributed by atoms with Crippen molar-refractivity contribution in [2.75, 3.05) is 18.1 Å². The Morgan fingerprint density at radius 1 is 1.20 bits per heavy atom. The predicted molar refractivity (Wildman–Crippen MR) is 86.5 cm³/mol. The molecule has 0 bridgehead atoms. The molecule has 1 fully saturated rings. The number of nitrogens with two attached hydrogens (primary N) is 1. The Labute approximate surface area is 125 Å². The summed E-state index contributed by atoms with van der Waals surface area (Å²) in [6, 6.07) is 0. The molecule has 0 saturated heterocycles. The molecule has 0 unspecified atom stereocenters. The van der Waals surface area contributed by atoms with E-state index in [0.717, 1.165) is 31.6 Å². The maximum atomic E-state index is 11.6. The van der Waals surface area contributed by atoms with Crippen molar-refractivity contribution in [2.45, 2.75) is 66.2 Å². The van der Waals surface area contributed by atoms with Crippen LogP contribution in [0.2, 0.25) is 0 Å². The molecule has 0 aromatic carbocycles. The lowest BCUT2D eigenvalue weighted by Gasteiger charge is -2.44. The number of rotatable bonds is 6. The molecule has 0 atom stereocenters. The number of hydrogen-bond donors (Lipinski definition) is 1. The Kier molecular flexibility index (Phi) is 6.09. The summed E-state index contributed by atoms with van der Waals surface area (Å²) < 4.78 is 23.2. The highest BCUT2D eigenvalue weighted by Crippen LogP contribution is 2.46. The highest BCUT2D eigenvalue weighted by molar-refractivity contribution is 7.91. The molecule has 0 amide bonds. The molecule has 0 radical (unpaired) electrons. The van der Waals surface area contributed by atoms with Gasteiger partial charge in [-0.3, -0.25) is 0 Å². The normalized spacial score (nSPS) is 28.6. The molecule has 1 saturated carbocycles. The highest BCUT2D eigenvalue weighted by atomic mass is 32.2. The van der Waals surface area contributed by atoms with Crippen LogP contribution in [-0.4, -0.2) is 26.5 Å². The summed E-state index contributed by atoms with van der Waals surface area (Å²) in [5.74, 6) is 1.37. The van der Waals surface area contributed by atoms with Crippen molar-refractivity contribution in [3.05, 3.63) is 0 Å². The molecule has 4 heteroatoms. The van der Waals surface area contributed by atoms with E-state index in [9.17, 15) is 8.42 Å². The van der Waals surface area contributed by atoms with Crippen LogP contribution in [-0.2, 0) is 9.84 Å². The first-order chi connectivity index (χ1) is 9.14. The van der Waals surface area contributed by atoms with E-state index in [1.807, 2.05) is 0 Å². The van der Waals surface area contributed by atoms with E-state index in [-0.39, 0.29) is 11.2 Å². The van der Waals surface area contributed by atoms with E-state index in [4.69, 9.17) is 5.73 Å². The van der Waals surface area contributed by atoms with Gasteiger partial charge < -0.3 is 5.73 Å². The minimum Gasteiger partial charge on any atom is -0.330 e. The molecule has 120 valence electrons. The summed E-state index contributed by atoms with van der Waals surface area (Å²) in [6.45, 7) is 9.39. The standard InChI is InChI=1S/C16H33NO2S/c1-5-20(18,19)12-6-9-16(13-17)10-7-14(8-11-16)15(2,3)4/h14H,5-13,17H2,1-4H3. The van der Waals surface area contributed by atoms with Gasteiger partial charge in [0.2, 0.25) is 0 Å². The summed E-state index contributed by atoms with van der Waals surface area (Å²) in [4.78, 5) is 0. The van der Waals surface area contributed by atoms with Crippen molar-refractivity contribution in [3.8, 4) is 0 Å². The average Bonchev–Trinajstić information content (AvgIpc) is 2.38. The smallest absolute Gasteiger partial charge is 0.150 e. The monoisotopic (exact) mass is 303 g/mol. The average molecular weight is 304 g/mol. The third-order valence-electron chi connectivity index (χ3n) is 5.31. The van der Waals surface area contributed by atoms with Crippen molar-refractivity contribution in [1.29, 1.82) is 0 Å². The van der Waals surface area contributed by atoms with Gasteiger partial charge in [-0.05, 0) is 61.8 Å². The predicted octanol–water partition coefficient (Wildman–Crippen LogP) is 3.38. The summed E-state index contributed by atoms with van der Waals surface area (Å²) >= 11 is 0. The van der Waals surface area contributed by atoms with Gasteiger partial charge in [-0.2, -0.15) is 0 Å². The Hall–Kier alpha value is -0.0900. The third-order valence-corrected chi connectivity index (χ3v) is 7.10. The Balaban J connectivity index is 2.51. The number of hydrogen-bond acceptors (Lipinski definition) is 3. The van der Waals surface area contributed by atoms with Crippen LogP contribution in [0.4, 0.5) is 0 Å². The van der Waals surface area contributed by atoms with Crippen LogP contribution in [0.1, 0.15) is 66.2 Å². The molecule has 0 aromatic rings. The fourth-order valence-corrected chi connectivity index (χ4v) is 4.34. The van der Waals surface area contributed by atoms with Gasteiger partial charge in [-0.25, -0.2) is 8.42 Å². The second-order valence-corrected chi connectivity index (χ2v) is 10.2. The second kappa shape index (κ2) is 6.78. The van der Waals surface area contributed by atoms with Gasteiger partial charge >= 0.3 is 0 Å². The molecule has 20 heavy (non-hydrogen) atoms. The summed E-state index contributed by atoms with van der Waals surface area (Å²) in [6.07, 6.45) is 6.55. The maximum Gasteiger partial charge on any atom is 0.150 e. The van der Waals surface area contributed by atoms with E-state index in [2.05, 4.69) is 20.8 Å². The van der Waals surface area contributed by atoms with Crippen LogP contribution in [0.15, 0.2) is 0 Å². The van der Waals surface area contributed by atoms with Crippen LogP contribution < -0.4 is 5.73 Å². The lowest BCUT2D eigenvalue weighted by molar-refractivity contribution is 0.0858. The van der Waals surface area contributed by atoms with E-state index in [1.165, 1.54) is 12.8 Å². The minimum atomic E-state index is -2.83. The third kappa shape index (κ3) is 5.03. The van der Waals surface area contributed by atoms with Crippen LogP contribution >= 0.6 is 0 Å². The molecule has 0 aliphatic heterocycles.